The molecular formula is C17H25N3O. The molecule has 4 nitrogen and oxygen atoms in total. The van der Waals surface area contributed by atoms with Crippen LogP contribution in [0, 0.1) is 13.8 Å². The van der Waals surface area contributed by atoms with Gasteiger partial charge in [-0.3, -0.25) is 0 Å². The summed E-state index contributed by atoms with van der Waals surface area (Å²) < 4.78 is 5.17. The third-order valence-corrected chi connectivity index (χ3v) is 3.77. The van der Waals surface area contributed by atoms with Crippen molar-refractivity contribution in [2.45, 2.75) is 59.4 Å². The largest absolute Gasteiger partial charge is 0.338 e. The molecule has 0 fully saturated rings. The van der Waals surface area contributed by atoms with Gasteiger partial charge in [-0.1, -0.05) is 38.1 Å². The molecule has 0 radical (unpaired) electrons. The lowest BCUT2D eigenvalue weighted by Crippen LogP contribution is -2.13. The molecule has 21 heavy (non-hydrogen) atoms. The van der Waals surface area contributed by atoms with Gasteiger partial charge in [0.15, 0.2) is 5.82 Å². The second-order valence-electron chi connectivity index (χ2n) is 6.85. The molecule has 0 bridgehead atoms. The van der Waals surface area contributed by atoms with Crippen molar-refractivity contribution in [2.24, 2.45) is 5.73 Å². The summed E-state index contributed by atoms with van der Waals surface area (Å²) in [6.45, 7) is 12.8. The van der Waals surface area contributed by atoms with Crippen LogP contribution >= 0.6 is 0 Å². The molecule has 2 aromatic rings. The summed E-state index contributed by atoms with van der Waals surface area (Å²) >= 11 is 0. The maximum absolute atomic E-state index is 5.75. The van der Waals surface area contributed by atoms with E-state index in [9.17, 15) is 0 Å². The van der Waals surface area contributed by atoms with Gasteiger partial charge in [-0.25, -0.2) is 0 Å². The van der Waals surface area contributed by atoms with Gasteiger partial charge in [0, 0.05) is 6.42 Å². The maximum atomic E-state index is 5.75. The lowest BCUT2D eigenvalue weighted by Gasteiger charge is -2.22. The predicted molar refractivity (Wildman–Crippen MR) is 84.3 cm³/mol. The van der Waals surface area contributed by atoms with Crippen LogP contribution in [0.15, 0.2) is 16.7 Å². The SMILES string of the molecule is Cc1cc(C(C)(C)C)cc(C)c1Cc1noc([C@H](C)N)n1. The Morgan fingerprint density at radius 3 is 2.19 bits per heavy atom. The number of aryl methyl sites for hydroxylation is 2. The van der Waals surface area contributed by atoms with Crippen LogP contribution in [0.3, 0.4) is 0 Å². The Morgan fingerprint density at radius 2 is 1.76 bits per heavy atom. The number of hydrogen-bond acceptors (Lipinski definition) is 4. The Balaban J connectivity index is 2.32. The van der Waals surface area contributed by atoms with Gasteiger partial charge in [-0.2, -0.15) is 4.98 Å². The highest BCUT2D eigenvalue weighted by Crippen LogP contribution is 2.27. The van der Waals surface area contributed by atoms with E-state index in [1.807, 2.05) is 6.92 Å². The minimum Gasteiger partial charge on any atom is -0.338 e. The number of hydrogen-bond donors (Lipinski definition) is 1. The molecule has 0 unspecified atom stereocenters. The second-order valence-corrected chi connectivity index (χ2v) is 6.85. The van der Waals surface area contributed by atoms with Crippen LogP contribution in [0.25, 0.3) is 0 Å². The van der Waals surface area contributed by atoms with Gasteiger partial charge in [0.1, 0.15) is 0 Å². The van der Waals surface area contributed by atoms with Crippen molar-refractivity contribution in [3.63, 3.8) is 0 Å². The first-order valence-corrected chi connectivity index (χ1v) is 7.37. The van der Waals surface area contributed by atoms with Crippen LogP contribution < -0.4 is 5.73 Å². The smallest absolute Gasteiger partial charge is 0.243 e. The van der Waals surface area contributed by atoms with E-state index in [-0.39, 0.29) is 11.5 Å². The molecule has 0 aliphatic carbocycles. The highest BCUT2D eigenvalue weighted by atomic mass is 16.5. The van der Waals surface area contributed by atoms with Gasteiger partial charge in [0.2, 0.25) is 5.89 Å². The van der Waals surface area contributed by atoms with E-state index in [1.54, 1.807) is 0 Å². The fourth-order valence-electron chi connectivity index (χ4n) is 2.39. The van der Waals surface area contributed by atoms with Gasteiger partial charge in [0.25, 0.3) is 0 Å². The minimum atomic E-state index is -0.225. The topological polar surface area (TPSA) is 64.9 Å². The summed E-state index contributed by atoms with van der Waals surface area (Å²) in [6.07, 6.45) is 0.679. The van der Waals surface area contributed by atoms with Crippen molar-refractivity contribution in [1.29, 1.82) is 0 Å². The molecule has 114 valence electrons. The Morgan fingerprint density at radius 1 is 1.19 bits per heavy atom. The lowest BCUT2D eigenvalue weighted by molar-refractivity contribution is 0.357. The Bertz CT molecular complexity index is 613. The summed E-state index contributed by atoms with van der Waals surface area (Å²) in [5, 5.41) is 4.02. The third-order valence-electron chi connectivity index (χ3n) is 3.77. The van der Waals surface area contributed by atoms with E-state index < -0.39 is 0 Å². The van der Waals surface area contributed by atoms with E-state index in [0.717, 1.165) is 0 Å². The Kier molecular flexibility index (Phi) is 4.19. The molecule has 1 aromatic carbocycles. The van der Waals surface area contributed by atoms with Crippen LogP contribution in [0.4, 0.5) is 0 Å². The molecule has 0 spiro atoms. The highest BCUT2D eigenvalue weighted by Gasteiger charge is 2.18. The van der Waals surface area contributed by atoms with Crippen molar-refractivity contribution in [1.82, 2.24) is 10.1 Å². The molecule has 0 saturated heterocycles. The molecular weight excluding hydrogens is 262 g/mol. The molecule has 1 atom stereocenters. The molecule has 0 aliphatic heterocycles. The zero-order valence-electron chi connectivity index (χ0n) is 13.8. The normalized spacial score (nSPS) is 13.5. The predicted octanol–water partition coefficient (Wildman–Crippen LogP) is 3.59. The Labute approximate surface area is 126 Å². The monoisotopic (exact) mass is 287 g/mol. The van der Waals surface area contributed by atoms with Crippen LogP contribution in [0.2, 0.25) is 0 Å². The summed E-state index contributed by atoms with van der Waals surface area (Å²) in [4.78, 5) is 4.36. The molecule has 0 aliphatic rings. The van der Waals surface area contributed by atoms with Gasteiger partial charge < -0.3 is 10.3 Å². The second kappa shape index (κ2) is 5.60. The fraction of sp³-hybridized carbons (Fsp3) is 0.529. The van der Waals surface area contributed by atoms with E-state index >= 15 is 0 Å². The number of rotatable bonds is 3. The van der Waals surface area contributed by atoms with Crippen LogP contribution in [0.5, 0.6) is 0 Å². The van der Waals surface area contributed by atoms with E-state index in [4.69, 9.17) is 10.3 Å². The molecule has 1 heterocycles. The van der Waals surface area contributed by atoms with Crippen LogP contribution in [0.1, 0.15) is 67.7 Å². The van der Waals surface area contributed by atoms with Gasteiger partial charge >= 0.3 is 0 Å². The quantitative estimate of drug-likeness (QED) is 0.936. The van der Waals surface area contributed by atoms with E-state index in [0.29, 0.717) is 18.1 Å². The average Bonchev–Trinajstić information content (AvgIpc) is 2.81. The molecule has 2 N–H and O–H groups in total. The average molecular weight is 287 g/mol. The van der Waals surface area contributed by atoms with Crippen molar-refractivity contribution in [2.75, 3.05) is 0 Å². The lowest BCUT2D eigenvalue weighted by atomic mass is 9.83. The molecule has 2 rings (SSSR count). The summed E-state index contributed by atoms with van der Waals surface area (Å²) in [5.41, 5.74) is 11.1. The maximum Gasteiger partial charge on any atom is 0.243 e. The van der Waals surface area contributed by atoms with Gasteiger partial charge in [-0.05, 0) is 48.4 Å². The number of nitrogens with two attached hydrogens (primary N) is 1. The van der Waals surface area contributed by atoms with Gasteiger partial charge in [0.05, 0.1) is 6.04 Å². The summed E-state index contributed by atoms with van der Waals surface area (Å²) in [5.74, 6) is 1.18. The van der Waals surface area contributed by atoms with Gasteiger partial charge in [-0.15, -0.1) is 0 Å². The van der Waals surface area contributed by atoms with Crippen LogP contribution in [-0.2, 0) is 11.8 Å². The summed E-state index contributed by atoms with van der Waals surface area (Å²) in [6, 6.07) is 4.29. The van der Waals surface area contributed by atoms with Crippen molar-refractivity contribution < 1.29 is 4.52 Å². The van der Waals surface area contributed by atoms with Crippen molar-refractivity contribution >= 4 is 0 Å². The first-order valence-electron chi connectivity index (χ1n) is 7.37. The third kappa shape index (κ3) is 3.50. The van der Waals surface area contributed by atoms with E-state index in [2.05, 4.69) is 56.9 Å². The highest BCUT2D eigenvalue weighted by molar-refractivity contribution is 5.41. The number of aromatic nitrogens is 2. The molecule has 4 heteroatoms. The zero-order chi connectivity index (χ0) is 15.8. The Hall–Kier alpha value is -1.68. The minimum absolute atomic E-state index is 0.155. The van der Waals surface area contributed by atoms with Crippen molar-refractivity contribution in [3.8, 4) is 0 Å². The zero-order valence-corrected chi connectivity index (χ0v) is 13.8. The molecule has 0 saturated carbocycles. The molecule has 0 amide bonds. The first-order chi connectivity index (χ1) is 9.68. The number of nitrogens with zero attached hydrogens (tertiary/aromatic N) is 2. The molecule has 1 aromatic heterocycles. The summed E-state index contributed by atoms with van der Waals surface area (Å²) in [7, 11) is 0. The van der Waals surface area contributed by atoms with E-state index in [1.165, 1.54) is 22.3 Å². The van der Waals surface area contributed by atoms with Crippen LogP contribution in [-0.4, -0.2) is 10.1 Å². The standard InChI is InChI=1S/C17H25N3O/c1-10-7-13(17(4,5)6)8-11(2)14(10)9-15-19-16(12(3)18)21-20-15/h7-8,12H,9,18H2,1-6H3/t12-/m0/s1. The number of benzene rings is 1. The fourth-order valence-corrected chi connectivity index (χ4v) is 2.39. The first kappa shape index (κ1) is 15.7. The van der Waals surface area contributed by atoms with Crippen molar-refractivity contribution in [3.05, 3.63) is 46.1 Å².